The van der Waals surface area contributed by atoms with Crippen LogP contribution in [0.2, 0.25) is 0 Å². The zero-order valence-corrected chi connectivity index (χ0v) is 19.6. The zero-order chi connectivity index (χ0) is 23.9. The zero-order valence-electron chi connectivity index (χ0n) is 19.6. The standard InChI is InChI=1S/C33H23N3/c1-3-11-24(12-4-1)30-22-35(32-17-9-7-15-28(30)32)26-19-27(21-34-20-26)36-23-31(25-13-5-2-6-14-25)29-16-8-10-18-33(29)36/h1-23H. The summed E-state index contributed by atoms with van der Waals surface area (Å²) in [6.45, 7) is 0. The second kappa shape index (κ2) is 8.40. The highest BCUT2D eigenvalue weighted by Crippen LogP contribution is 2.35. The fourth-order valence-electron chi connectivity index (χ4n) is 5.16. The van der Waals surface area contributed by atoms with Gasteiger partial charge in [0, 0.05) is 34.3 Å². The van der Waals surface area contributed by atoms with Crippen molar-refractivity contribution in [1.82, 2.24) is 14.1 Å². The Morgan fingerprint density at radius 3 is 1.33 bits per heavy atom. The van der Waals surface area contributed by atoms with Gasteiger partial charge in [-0.1, -0.05) is 97.1 Å². The average molecular weight is 462 g/mol. The average Bonchev–Trinajstić information content (AvgIpc) is 3.54. The number of pyridine rings is 1. The molecular weight excluding hydrogens is 438 g/mol. The monoisotopic (exact) mass is 461 g/mol. The Morgan fingerprint density at radius 1 is 0.444 bits per heavy atom. The molecule has 0 amide bonds. The van der Waals surface area contributed by atoms with Crippen molar-refractivity contribution in [2.75, 3.05) is 0 Å². The lowest BCUT2D eigenvalue weighted by atomic mass is 10.1. The highest BCUT2D eigenvalue weighted by molar-refractivity contribution is 5.98. The predicted molar refractivity (Wildman–Crippen MR) is 149 cm³/mol. The molecule has 0 bridgehead atoms. The lowest BCUT2D eigenvalue weighted by Crippen LogP contribution is -1.98. The minimum atomic E-state index is 1.03. The Balaban J connectivity index is 1.41. The van der Waals surface area contributed by atoms with Crippen molar-refractivity contribution in [3.8, 4) is 33.6 Å². The second-order valence-corrected chi connectivity index (χ2v) is 8.99. The Labute approximate surface area is 209 Å². The number of benzene rings is 4. The largest absolute Gasteiger partial charge is 0.314 e. The van der Waals surface area contributed by atoms with Gasteiger partial charge in [-0.25, -0.2) is 0 Å². The van der Waals surface area contributed by atoms with Crippen molar-refractivity contribution in [1.29, 1.82) is 0 Å². The van der Waals surface area contributed by atoms with Crippen LogP contribution in [0.5, 0.6) is 0 Å². The molecule has 0 radical (unpaired) electrons. The van der Waals surface area contributed by atoms with Crippen LogP contribution < -0.4 is 0 Å². The third-order valence-electron chi connectivity index (χ3n) is 6.86. The second-order valence-electron chi connectivity index (χ2n) is 8.99. The van der Waals surface area contributed by atoms with E-state index in [0.29, 0.717) is 0 Å². The van der Waals surface area contributed by atoms with E-state index in [1.54, 1.807) is 0 Å². The summed E-state index contributed by atoms with van der Waals surface area (Å²) in [5.74, 6) is 0. The highest BCUT2D eigenvalue weighted by Gasteiger charge is 2.14. The summed E-state index contributed by atoms with van der Waals surface area (Å²) in [6.07, 6.45) is 8.33. The molecular formula is C33H23N3. The van der Waals surface area contributed by atoms with Crippen LogP contribution in [0.25, 0.3) is 55.4 Å². The minimum Gasteiger partial charge on any atom is -0.314 e. The maximum Gasteiger partial charge on any atom is 0.0660 e. The van der Waals surface area contributed by atoms with E-state index in [4.69, 9.17) is 0 Å². The summed E-state index contributed by atoms with van der Waals surface area (Å²) in [5.41, 5.74) is 9.25. The fraction of sp³-hybridized carbons (Fsp3) is 0. The van der Waals surface area contributed by atoms with Gasteiger partial charge in [-0.2, -0.15) is 0 Å². The number of aromatic nitrogens is 3. The molecule has 7 aromatic rings. The maximum absolute atomic E-state index is 4.67. The van der Waals surface area contributed by atoms with Crippen molar-refractivity contribution in [3.05, 3.63) is 140 Å². The molecule has 3 nitrogen and oxygen atoms in total. The van der Waals surface area contributed by atoms with Crippen LogP contribution in [0, 0.1) is 0 Å². The molecule has 36 heavy (non-hydrogen) atoms. The molecule has 0 aliphatic rings. The third-order valence-corrected chi connectivity index (χ3v) is 6.86. The number of para-hydroxylation sites is 2. The predicted octanol–water partition coefficient (Wildman–Crippen LogP) is 8.30. The molecule has 0 spiro atoms. The van der Waals surface area contributed by atoms with Gasteiger partial charge in [-0.05, 0) is 29.3 Å². The molecule has 0 unspecified atom stereocenters. The van der Waals surface area contributed by atoms with Crippen molar-refractivity contribution >= 4 is 21.8 Å². The van der Waals surface area contributed by atoms with Gasteiger partial charge in [0.05, 0.1) is 34.8 Å². The highest BCUT2D eigenvalue weighted by atomic mass is 15.0. The summed E-state index contributed by atoms with van der Waals surface area (Å²) in [6, 6.07) is 40.5. The van der Waals surface area contributed by atoms with Crippen molar-refractivity contribution in [2.45, 2.75) is 0 Å². The van der Waals surface area contributed by atoms with Crippen LogP contribution in [0.3, 0.4) is 0 Å². The molecule has 0 aliphatic carbocycles. The Bertz CT molecular complexity index is 1690. The van der Waals surface area contributed by atoms with E-state index in [-0.39, 0.29) is 0 Å². The van der Waals surface area contributed by atoms with E-state index in [0.717, 1.165) is 22.4 Å². The minimum absolute atomic E-state index is 1.03. The normalized spacial score (nSPS) is 11.3. The number of hydrogen-bond donors (Lipinski definition) is 0. The number of fused-ring (bicyclic) bond motifs is 2. The summed E-state index contributed by atoms with van der Waals surface area (Å²) >= 11 is 0. The summed E-state index contributed by atoms with van der Waals surface area (Å²) in [5, 5.41) is 2.46. The lowest BCUT2D eigenvalue weighted by molar-refractivity contribution is 1.05. The molecule has 170 valence electrons. The molecule has 3 heteroatoms. The smallest absolute Gasteiger partial charge is 0.0660 e. The first-order valence-electron chi connectivity index (χ1n) is 12.1. The third kappa shape index (κ3) is 3.33. The summed E-state index contributed by atoms with van der Waals surface area (Å²) in [7, 11) is 0. The van der Waals surface area contributed by atoms with Crippen LogP contribution in [0.1, 0.15) is 0 Å². The first-order valence-corrected chi connectivity index (χ1v) is 12.1. The van der Waals surface area contributed by atoms with Crippen LogP contribution in [-0.2, 0) is 0 Å². The first kappa shape index (κ1) is 20.5. The van der Waals surface area contributed by atoms with E-state index in [1.165, 1.54) is 33.0 Å². The van der Waals surface area contributed by atoms with Gasteiger partial charge in [0.1, 0.15) is 0 Å². The van der Waals surface area contributed by atoms with Crippen LogP contribution in [0.4, 0.5) is 0 Å². The summed E-state index contributed by atoms with van der Waals surface area (Å²) in [4.78, 5) is 4.67. The van der Waals surface area contributed by atoms with Crippen LogP contribution >= 0.6 is 0 Å². The molecule has 0 N–H and O–H groups in total. The van der Waals surface area contributed by atoms with Gasteiger partial charge in [-0.15, -0.1) is 0 Å². The van der Waals surface area contributed by atoms with Crippen molar-refractivity contribution < 1.29 is 0 Å². The molecule has 3 aromatic heterocycles. The van der Waals surface area contributed by atoms with Crippen molar-refractivity contribution in [3.63, 3.8) is 0 Å². The number of hydrogen-bond acceptors (Lipinski definition) is 1. The molecule has 0 saturated heterocycles. The Morgan fingerprint density at radius 2 is 0.861 bits per heavy atom. The van der Waals surface area contributed by atoms with Crippen LogP contribution in [-0.4, -0.2) is 14.1 Å². The molecule has 0 aliphatic heterocycles. The van der Waals surface area contributed by atoms with Crippen molar-refractivity contribution in [2.24, 2.45) is 0 Å². The van der Waals surface area contributed by atoms with E-state index < -0.39 is 0 Å². The molecule has 0 fully saturated rings. The van der Waals surface area contributed by atoms with Gasteiger partial charge >= 0.3 is 0 Å². The van der Waals surface area contributed by atoms with Gasteiger partial charge in [-0.3, -0.25) is 4.98 Å². The molecule has 4 aromatic carbocycles. The van der Waals surface area contributed by atoms with Crippen LogP contribution in [0.15, 0.2) is 140 Å². The molecule has 3 heterocycles. The summed E-state index contributed by atoms with van der Waals surface area (Å²) < 4.78 is 4.50. The van der Waals surface area contributed by atoms with E-state index in [9.17, 15) is 0 Å². The topological polar surface area (TPSA) is 22.8 Å². The number of nitrogens with zero attached hydrogens (tertiary/aromatic N) is 3. The van der Waals surface area contributed by atoms with Gasteiger partial charge in [0.25, 0.3) is 0 Å². The SMILES string of the molecule is c1ccc(-c2cn(-c3cncc(-n4cc(-c5ccccc5)c5ccccc54)c3)c3ccccc23)cc1. The van der Waals surface area contributed by atoms with E-state index >= 15 is 0 Å². The van der Waals surface area contributed by atoms with Gasteiger partial charge in [0.15, 0.2) is 0 Å². The quantitative estimate of drug-likeness (QED) is 0.258. The lowest BCUT2D eigenvalue weighted by Gasteiger charge is -2.09. The Hall–Kier alpha value is -4.89. The molecule has 7 rings (SSSR count). The Kier molecular flexibility index (Phi) is 4.78. The maximum atomic E-state index is 4.67. The number of rotatable bonds is 4. The van der Waals surface area contributed by atoms with Gasteiger partial charge in [0.2, 0.25) is 0 Å². The van der Waals surface area contributed by atoms with E-state index in [2.05, 4.69) is 142 Å². The van der Waals surface area contributed by atoms with E-state index in [1.807, 2.05) is 12.4 Å². The first-order chi connectivity index (χ1) is 17.9. The molecule has 0 saturated carbocycles. The van der Waals surface area contributed by atoms with Gasteiger partial charge < -0.3 is 9.13 Å². The fourth-order valence-corrected chi connectivity index (χ4v) is 5.16. The molecule has 0 atom stereocenters.